The van der Waals surface area contributed by atoms with Crippen molar-refractivity contribution in [2.24, 2.45) is 0 Å². The number of phenolic OH excluding ortho intramolecular Hbond substituents is 1. The summed E-state index contributed by atoms with van der Waals surface area (Å²) in [6.45, 7) is 4.28. The zero-order valence-corrected chi connectivity index (χ0v) is 16.0. The molecule has 1 N–H and O–H groups in total. The Morgan fingerprint density at radius 2 is 1.93 bits per heavy atom. The third-order valence-corrected chi connectivity index (χ3v) is 4.87. The first-order valence-corrected chi connectivity index (χ1v) is 9.50. The summed E-state index contributed by atoms with van der Waals surface area (Å²) in [5.41, 5.74) is 2.57. The number of phenols is 1. The smallest absolute Gasteiger partial charge is 0.253 e. The number of amides is 1. The molecule has 1 amide bonds. The van der Waals surface area contributed by atoms with Crippen molar-refractivity contribution >= 4 is 5.91 Å². The molecule has 0 bridgehead atoms. The molecular weight excluding hydrogens is 342 g/mol. The predicted molar refractivity (Wildman–Crippen MR) is 105 cm³/mol. The van der Waals surface area contributed by atoms with E-state index in [0.717, 1.165) is 43.5 Å². The topological polar surface area (TPSA) is 59.0 Å². The van der Waals surface area contributed by atoms with Crippen LogP contribution in [0.3, 0.4) is 0 Å². The van der Waals surface area contributed by atoms with E-state index in [9.17, 15) is 9.90 Å². The summed E-state index contributed by atoms with van der Waals surface area (Å²) in [5, 5.41) is 9.73. The summed E-state index contributed by atoms with van der Waals surface area (Å²) < 4.78 is 11.0. The van der Waals surface area contributed by atoms with E-state index in [1.165, 1.54) is 7.11 Å². The Balaban J connectivity index is 1.70. The Hall–Kier alpha value is -2.53. The van der Waals surface area contributed by atoms with Crippen LogP contribution < -0.4 is 4.74 Å². The molecule has 0 unspecified atom stereocenters. The maximum absolute atomic E-state index is 12.8. The predicted octanol–water partition coefficient (Wildman–Crippen LogP) is 4.10. The van der Waals surface area contributed by atoms with Crippen molar-refractivity contribution in [3.63, 3.8) is 0 Å². The molecule has 3 rings (SSSR count). The number of hydrogen-bond donors (Lipinski definition) is 1. The largest absolute Gasteiger partial charge is 0.504 e. The fraction of sp³-hybridized carbons (Fsp3) is 0.409. The minimum atomic E-state index is 0.0506. The quantitative estimate of drug-likeness (QED) is 0.833. The lowest BCUT2D eigenvalue weighted by molar-refractivity contribution is 0.00211. The summed E-state index contributed by atoms with van der Waals surface area (Å²) in [6.07, 6.45) is 3.14. The van der Waals surface area contributed by atoms with Gasteiger partial charge in [-0.2, -0.15) is 0 Å². The molecule has 0 aromatic heterocycles. The highest BCUT2D eigenvalue weighted by molar-refractivity contribution is 5.94. The zero-order chi connectivity index (χ0) is 19.2. The maximum Gasteiger partial charge on any atom is 0.253 e. The van der Waals surface area contributed by atoms with Crippen molar-refractivity contribution in [2.45, 2.75) is 32.3 Å². The third-order valence-electron chi connectivity index (χ3n) is 4.87. The van der Waals surface area contributed by atoms with Crippen LogP contribution >= 0.6 is 0 Å². The third kappa shape index (κ3) is 4.61. The Bertz CT molecular complexity index is 772. The molecule has 1 fully saturated rings. The minimum Gasteiger partial charge on any atom is -0.504 e. The van der Waals surface area contributed by atoms with E-state index in [4.69, 9.17) is 9.47 Å². The molecular formula is C22H27NO4. The van der Waals surface area contributed by atoms with Gasteiger partial charge in [0.15, 0.2) is 11.5 Å². The van der Waals surface area contributed by atoms with Gasteiger partial charge in [-0.05, 0) is 54.7 Å². The number of methoxy groups -OCH3 is 1. The fourth-order valence-corrected chi connectivity index (χ4v) is 3.39. The van der Waals surface area contributed by atoms with Gasteiger partial charge in [0.25, 0.3) is 5.91 Å². The molecule has 1 atom stereocenters. The second-order valence-corrected chi connectivity index (χ2v) is 6.85. The molecule has 1 saturated heterocycles. The van der Waals surface area contributed by atoms with Crippen molar-refractivity contribution < 1.29 is 19.4 Å². The summed E-state index contributed by atoms with van der Waals surface area (Å²) in [6, 6.07) is 12.8. The van der Waals surface area contributed by atoms with Gasteiger partial charge in [0, 0.05) is 25.3 Å². The van der Waals surface area contributed by atoms with E-state index in [2.05, 4.69) is 6.92 Å². The Morgan fingerprint density at radius 3 is 2.63 bits per heavy atom. The molecule has 0 spiro atoms. The first-order valence-electron chi connectivity index (χ1n) is 9.50. The molecule has 5 nitrogen and oxygen atoms in total. The zero-order valence-electron chi connectivity index (χ0n) is 16.0. The minimum absolute atomic E-state index is 0.0506. The summed E-state index contributed by atoms with van der Waals surface area (Å²) >= 11 is 0. The second-order valence-electron chi connectivity index (χ2n) is 6.85. The van der Waals surface area contributed by atoms with Gasteiger partial charge >= 0.3 is 0 Å². The van der Waals surface area contributed by atoms with Crippen molar-refractivity contribution in [1.82, 2.24) is 4.90 Å². The fourth-order valence-electron chi connectivity index (χ4n) is 3.39. The van der Waals surface area contributed by atoms with Gasteiger partial charge in [0.05, 0.1) is 13.2 Å². The first-order chi connectivity index (χ1) is 13.1. The number of carbonyl (C=O) groups excluding carboxylic acids is 1. The van der Waals surface area contributed by atoms with Crippen molar-refractivity contribution in [1.29, 1.82) is 0 Å². The average molecular weight is 369 g/mol. The number of piperidine rings is 1. The van der Waals surface area contributed by atoms with Gasteiger partial charge in [-0.25, -0.2) is 0 Å². The van der Waals surface area contributed by atoms with Crippen molar-refractivity contribution in [3.05, 3.63) is 48.0 Å². The van der Waals surface area contributed by atoms with Crippen molar-refractivity contribution in [3.8, 4) is 22.6 Å². The number of benzene rings is 2. The second kappa shape index (κ2) is 8.91. The van der Waals surface area contributed by atoms with Crippen LogP contribution in [0.4, 0.5) is 0 Å². The van der Waals surface area contributed by atoms with E-state index in [1.54, 1.807) is 12.1 Å². The number of rotatable bonds is 6. The maximum atomic E-state index is 12.8. The Labute approximate surface area is 160 Å². The number of likely N-dealkylation sites (tertiary alicyclic amines) is 1. The van der Waals surface area contributed by atoms with Gasteiger partial charge in [-0.15, -0.1) is 0 Å². The highest BCUT2D eigenvalue weighted by Gasteiger charge is 2.24. The lowest BCUT2D eigenvalue weighted by atomic mass is 10.0. The monoisotopic (exact) mass is 369 g/mol. The van der Waals surface area contributed by atoms with Gasteiger partial charge in [-0.3, -0.25) is 4.79 Å². The summed E-state index contributed by atoms with van der Waals surface area (Å²) in [4.78, 5) is 14.7. The summed E-state index contributed by atoms with van der Waals surface area (Å²) in [5.74, 6) is 0.590. The number of aromatic hydroxyl groups is 1. The van der Waals surface area contributed by atoms with Crippen LogP contribution in [0.5, 0.6) is 11.5 Å². The highest BCUT2D eigenvalue weighted by Crippen LogP contribution is 2.31. The number of hydrogen-bond acceptors (Lipinski definition) is 4. The van der Waals surface area contributed by atoms with Crippen LogP contribution in [-0.2, 0) is 4.74 Å². The lowest BCUT2D eigenvalue weighted by Crippen LogP contribution is -2.43. The SMILES string of the molecule is CCCO[C@@H]1CCCN(C(=O)c2ccc(-c3ccc(O)c(OC)c3)cc2)C1. The van der Waals surface area contributed by atoms with Gasteiger partial charge in [0.2, 0.25) is 0 Å². The average Bonchev–Trinajstić information content (AvgIpc) is 2.72. The van der Waals surface area contributed by atoms with Gasteiger partial charge in [-0.1, -0.05) is 25.1 Å². The van der Waals surface area contributed by atoms with E-state index >= 15 is 0 Å². The van der Waals surface area contributed by atoms with Crippen LogP contribution in [0.1, 0.15) is 36.5 Å². The van der Waals surface area contributed by atoms with Crippen LogP contribution in [0.2, 0.25) is 0 Å². The molecule has 1 heterocycles. The van der Waals surface area contributed by atoms with Crippen LogP contribution in [0.25, 0.3) is 11.1 Å². The van der Waals surface area contributed by atoms with Crippen LogP contribution in [0, 0.1) is 0 Å². The van der Waals surface area contributed by atoms with Gasteiger partial charge < -0.3 is 19.5 Å². The van der Waals surface area contributed by atoms with Crippen LogP contribution in [-0.4, -0.2) is 48.8 Å². The molecule has 0 saturated carbocycles. The number of carbonyl (C=O) groups is 1. The van der Waals surface area contributed by atoms with Crippen LogP contribution in [0.15, 0.2) is 42.5 Å². The molecule has 1 aliphatic rings. The molecule has 144 valence electrons. The Morgan fingerprint density at radius 1 is 1.19 bits per heavy atom. The van der Waals surface area contributed by atoms with E-state index in [0.29, 0.717) is 17.9 Å². The molecule has 1 aliphatic heterocycles. The van der Waals surface area contributed by atoms with Gasteiger partial charge in [0.1, 0.15) is 0 Å². The van der Waals surface area contributed by atoms with E-state index in [1.807, 2.05) is 35.2 Å². The normalized spacial score (nSPS) is 17.0. The highest BCUT2D eigenvalue weighted by atomic mass is 16.5. The molecule has 0 radical (unpaired) electrons. The molecule has 0 aliphatic carbocycles. The molecule has 2 aromatic carbocycles. The number of nitrogens with zero attached hydrogens (tertiary/aromatic N) is 1. The lowest BCUT2D eigenvalue weighted by Gasteiger charge is -2.32. The summed E-state index contributed by atoms with van der Waals surface area (Å²) in [7, 11) is 1.52. The Kier molecular flexibility index (Phi) is 6.35. The number of ether oxygens (including phenoxy) is 2. The van der Waals surface area contributed by atoms with Crippen molar-refractivity contribution in [2.75, 3.05) is 26.8 Å². The molecule has 27 heavy (non-hydrogen) atoms. The standard InChI is InChI=1S/C22H27NO4/c1-3-13-27-19-5-4-12-23(15-19)22(25)17-8-6-16(7-9-17)18-10-11-20(24)21(14-18)26-2/h6-11,14,19,24H,3-5,12-13,15H2,1-2H3/t19-/m1/s1. The van der Waals surface area contributed by atoms with E-state index in [-0.39, 0.29) is 17.8 Å². The van der Waals surface area contributed by atoms with E-state index < -0.39 is 0 Å². The molecule has 2 aromatic rings. The first kappa shape index (κ1) is 19.2. The molecule has 5 heteroatoms.